The standard InChI is InChI=1S/C11H8ClS2.ClHO4/c12-11-13-9-6-5-7-3-1-2-4-8(7)10(9)14-11;2-1(3,4)5/h1-4H,5-6H2;(H,2,3,4,5)/q+1;/p-1. The summed E-state index contributed by atoms with van der Waals surface area (Å²) < 4.78 is 34.9. The summed E-state index contributed by atoms with van der Waals surface area (Å²) in [4.78, 5) is 2.85. The average molecular weight is 339 g/mol. The summed E-state index contributed by atoms with van der Waals surface area (Å²) in [6, 6.07) is 8.64. The van der Waals surface area contributed by atoms with E-state index in [2.05, 4.69) is 24.3 Å². The van der Waals surface area contributed by atoms with Gasteiger partial charge in [0.2, 0.25) is 0 Å². The third-order valence-electron chi connectivity index (χ3n) is 2.52. The van der Waals surface area contributed by atoms with Gasteiger partial charge < -0.3 is 0 Å². The fourth-order valence-corrected chi connectivity index (χ4v) is 4.64. The molecular formula is C11H8Cl2O4S2. The van der Waals surface area contributed by atoms with Gasteiger partial charge in [0.1, 0.15) is 22.7 Å². The molecule has 4 nitrogen and oxygen atoms in total. The average Bonchev–Trinajstić information content (AvgIpc) is 2.67. The molecule has 1 aromatic heterocycles. The molecule has 8 heteroatoms. The third kappa shape index (κ3) is 4.34. The molecule has 0 saturated heterocycles. The highest BCUT2D eigenvalue weighted by Crippen LogP contribution is 2.44. The number of rotatable bonds is 0. The van der Waals surface area contributed by atoms with Crippen LogP contribution in [0.5, 0.6) is 0 Å². The van der Waals surface area contributed by atoms with E-state index in [0.29, 0.717) is 0 Å². The van der Waals surface area contributed by atoms with Crippen LogP contribution in [0.3, 0.4) is 0 Å². The Kier molecular flexibility index (Phi) is 4.75. The van der Waals surface area contributed by atoms with Crippen LogP contribution < -0.4 is 18.6 Å². The molecule has 19 heavy (non-hydrogen) atoms. The van der Waals surface area contributed by atoms with Crippen molar-refractivity contribution in [1.82, 2.24) is 0 Å². The lowest BCUT2D eigenvalue weighted by atomic mass is 9.95. The van der Waals surface area contributed by atoms with Gasteiger partial charge in [-0.3, -0.25) is 0 Å². The van der Waals surface area contributed by atoms with E-state index in [4.69, 9.17) is 30.2 Å². The van der Waals surface area contributed by atoms with Crippen molar-refractivity contribution >= 4 is 34.3 Å². The lowest BCUT2D eigenvalue weighted by Gasteiger charge is -2.17. The summed E-state index contributed by atoms with van der Waals surface area (Å²) in [5, 5.41) is 0. The minimum Gasteiger partial charge on any atom is -0.222 e. The van der Waals surface area contributed by atoms with Gasteiger partial charge in [0, 0.05) is 12.0 Å². The molecule has 0 fully saturated rings. The quantitative estimate of drug-likeness (QED) is 0.619. The van der Waals surface area contributed by atoms with Crippen LogP contribution in [0, 0.1) is 10.2 Å². The Labute approximate surface area is 124 Å². The van der Waals surface area contributed by atoms with E-state index in [1.165, 1.54) is 20.9 Å². The minimum absolute atomic E-state index is 0.951. The van der Waals surface area contributed by atoms with Gasteiger partial charge in [0.15, 0.2) is 9.75 Å². The normalized spacial score (nSPS) is 13.1. The molecule has 0 radical (unpaired) electrons. The second-order valence-electron chi connectivity index (χ2n) is 3.73. The lowest BCUT2D eigenvalue weighted by molar-refractivity contribution is -2.00. The fourth-order valence-electron chi connectivity index (χ4n) is 1.88. The van der Waals surface area contributed by atoms with Crippen molar-refractivity contribution in [2.24, 2.45) is 0 Å². The number of benzene rings is 1. The molecule has 102 valence electrons. The van der Waals surface area contributed by atoms with Crippen molar-refractivity contribution in [2.75, 3.05) is 0 Å². The fraction of sp³-hybridized carbons (Fsp3) is 0.182. The highest BCUT2D eigenvalue weighted by molar-refractivity contribution is 7.38. The van der Waals surface area contributed by atoms with E-state index in [1.807, 2.05) is 0 Å². The molecule has 0 saturated carbocycles. The predicted octanol–water partition coefficient (Wildman–Crippen LogP) is -0.246. The molecule has 1 heterocycles. The molecule has 0 unspecified atom stereocenters. The first-order valence-corrected chi connectivity index (χ1v) is 8.40. The maximum Gasteiger partial charge on any atom is 0.347 e. The number of hydrogen-bond acceptors (Lipinski definition) is 5. The molecule has 0 spiro atoms. The zero-order chi connectivity index (χ0) is 14.0. The molecule has 2 aromatic rings. The van der Waals surface area contributed by atoms with E-state index in [0.717, 1.165) is 16.5 Å². The van der Waals surface area contributed by atoms with Gasteiger partial charge in [0.25, 0.3) is 0 Å². The summed E-state index contributed by atoms with van der Waals surface area (Å²) in [6.45, 7) is 0. The van der Waals surface area contributed by atoms with Gasteiger partial charge in [-0.05, 0) is 23.6 Å². The molecule has 1 aliphatic rings. The minimum atomic E-state index is -4.94. The molecule has 3 rings (SSSR count). The first-order chi connectivity index (χ1) is 8.84. The zero-order valence-electron chi connectivity index (χ0n) is 9.43. The van der Waals surface area contributed by atoms with Crippen molar-refractivity contribution < 1.29 is 28.9 Å². The first kappa shape index (κ1) is 15.1. The highest BCUT2D eigenvalue weighted by Gasteiger charge is 2.27. The van der Waals surface area contributed by atoms with Gasteiger partial charge in [-0.15, -0.1) is 10.2 Å². The van der Waals surface area contributed by atoms with Crippen LogP contribution >= 0.6 is 34.3 Å². The van der Waals surface area contributed by atoms with Gasteiger partial charge in [-0.2, -0.15) is 0 Å². The van der Waals surface area contributed by atoms with Crippen LogP contribution in [-0.4, -0.2) is 0 Å². The number of hydrogen-bond donors (Lipinski definition) is 0. The van der Waals surface area contributed by atoms with E-state index >= 15 is 0 Å². The van der Waals surface area contributed by atoms with Gasteiger partial charge in [0.05, 0.1) is 0 Å². The number of aryl methyl sites for hydroxylation is 2. The number of fused-ring (bicyclic) bond motifs is 3. The van der Waals surface area contributed by atoms with Crippen LogP contribution in [0.1, 0.15) is 10.4 Å². The highest BCUT2D eigenvalue weighted by atomic mass is 35.7. The van der Waals surface area contributed by atoms with Gasteiger partial charge in [-0.1, -0.05) is 24.3 Å². The van der Waals surface area contributed by atoms with E-state index < -0.39 is 10.2 Å². The Bertz CT molecular complexity index is 574. The second-order valence-corrected chi connectivity index (χ2v) is 7.70. The smallest absolute Gasteiger partial charge is 0.222 e. The Morgan fingerprint density at radius 3 is 2.42 bits per heavy atom. The molecular weight excluding hydrogens is 331 g/mol. The summed E-state index contributed by atoms with van der Waals surface area (Å²) in [5.74, 6) is 0. The topological polar surface area (TPSA) is 92.2 Å². The Morgan fingerprint density at radius 1 is 1.11 bits per heavy atom. The van der Waals surface area contributed by atoms with E-state index in [-0.39, 0.29) is 0 Å². The predicted molar refractivity (Wildman–Crippen MR) is 64.5 cm³/mol. The first-order valence-electron chi connectivity index (χ1n) is 5.16. The SMILES string of the molecule is Clc1sc2c([s+]1)-c1ccccc1CC2.[O-][Cl+3]([O-])([O-])[O-]. The van der Waals surface area contributed by atoms with Gasteiger partial charge in [-0.25, -0.2) is 18.6 Å². The molecule has 0 bridgehead atoms. The Hall–Kier alpha value is -0.310. The maximum atomic E-state index is 8.49. The molecule has 0 N–H and O–H groups in total. The van der Waals surface area contributed by atoms with Crippen molar-refractivity contribution in [3.8, 4) is 10.4 Å². The Morgan fingerprint density at radius 2 is 1.74 bits per heavy atom. The summed E-state index contributed by atoms with van der Waals surface area (Å²) in [6.07, 6.45) is 2.31. The van der Waals surface area contributed by atoms with Crippen molar-refractivity contribution in [2.45, 2.75) is 12.8 Å². The lowest BCUT2D eigenvalue weighted by Crippen LogP contribution is -2.68. The van der Waals surface area contributed by atoms with Crippen molar-refractivity contribution in [3.63, 3.8) is 0 Å². The third-order valence-corrected chi connectivity index (χ3v) is 5.26. The second kappa shape index (κ2) is 5.99. The summed E-state index contributed by atoms with van der Waals surface area (Å²) in [7, 11) is -4.94. The maximum absolute atomic E-state index is 8.49. The van der Waals surface area contributed by atoms with E-state index in [9.17, 15) is 0 Å². The van der Waals surface area contributed by atoms with Crippen LogP contribution in [-0.2, 0) is 12.8 Å². The molecule has 1 aromatic carbocycles. The van der Waals surface area contributed by atoms with E-state index in [1.54, 1.807) is 22.7 Å². The van der Waals surface area contributed by atoms with Crippen LogP contribution in [0.2, 0.25) is 3.65 Å². The summed E-state index contributed by atoms with van der Waals surface area (Å²) >= 11 is 9.51. The largest absolute Gasteiger partial charge is 0.347 e. The Balaban J connectivity index is 0.000000232. The van der Waals surface area contributed by atoms with Crippen LogP contribution in [0.4, 0.5) is 0 Å². The van der Waals surface area contributed by atoms with Crippen LogP contribution in [0.25, 0.3) is 10.4 Å². The zero-order valence-corrected chi connectivity index (χ0v) is 12.6. The van der Waals surface area contributed by atoms with Crippen molar-refractivity contribution in [1.29, 1.82) is 0 Å². The molecule has 0 atom stereocenters. The monoisotopic (exact) mass is 338 g/mol. The summed E-state index contributed by atoms with van der Waals surface area (Å²) in [5.41, 5.74) is 2.85. The van der Waals surface area contributed by atoms with Gasteiger partial charge >= 0.3 is 3.65 Å². The molecule has 0 amide bonds. The number of halogens is 2. The molecule has 0 aliphatic heterocycles. The molecule has 1 aliphatic carbocycles. The van der Waals surface area contributed by atoms with Crippen molar-refractivity contribution in [3.05, 3.63) is 38.4 Å². The van der Waals surface area contributed by atoms with Crippen LogP contribution in [0.15, 0.2) is 24.3 Å².